The Morgan fingerprint density at radius 1 is 0.878 bits per heavy atom. The molecule has 0 bridgehead atoms. The zero-order chi connectivity index (χ0) is 34.2. The normalized spacial score (nSPS) is 12.6. The second-order valence-corrected chi connectivity index (χ2v) is 13.6. The van der Waals surface area contributed by atoms with Crippen LogP contribution >= 0.6 is 11.3 Å². The highest BCUT2D eigenvalue weighted by molar-refractivity contribution is 7.13. The molecule has 0 fully saturated rings. The highest BCUT2D eigenvalue weighted by Gasteiger charge is 2.27. The van der Waals surface area contributed by atoms with Gasteiger partial charge in [-0.05, 0) is 82.1 Å². The molecule has 2 aromatic heterocycles. The maximum absolute atomic E-state index is 14.6. The average molecular weight is 670 g/mol. The number of hydrogen-bond acceptors (Lipinski definition) is 5. The number of aromatic nitrogens is 1. The monoisotopic (exact) mass is 669 g/mol. The number of carboxylic acid groups (broad SMARTS) is 1. The van der Waals surface area contributed by atoms with Gasteiger partial charge in [-0.1, -0.05) is 57.2 Å². The van der Waals surface area contributed by atoms with E-state index < -0.39 is 11.9 Å². The number of thiophene rings is 1. The molecule has 1 aliphatic heterocycles. The van der Waals surface area contributed by atoms with Crippen LogP contribution in [0.25, 0.3) is 32.5 Å². The lowest BCUT2D eigenvalue weighted by Gasteiger charge is -2.23. The Hall–Kier alpha value is -5.67. The molecule has 4 aromatic carbocycles. The Morgan fingerprint density at radius 2 is 1.69 bits per heavy atom. The smallest absolute Gasteiger partial charge is 0.336 e. The van der Waals surface area contributed by atoms with Crippen LogP contribution in [0.15, 0.2) is 96.5 Å². The Kier molecular flexibility index (Phi) is 8.52. The number of H-pyrrole nitrogens is 1. The molecule has 4 N–H and O–H groups in total. The highest BCUT2D eigenvalue weighted by atomic mass is 32.1. The van der Waals surface area contributed by atoms with Gasteiger partial charge in [0, 0.05) is 62.4 Å². The highest BCUT2D eigenvalue weighted by Crippen LogP contribution is 2.45. The van der Waals surface area contributed by atoms with E-state index in [-0.39, 0.29) is 34.4 Å². The zero-order valence-corrected chi connectivity index (χ0v) is 28.1. The van der Waals surface area contributed by atoms with Crippen LogP contribution in [0.2, 0.25) is 0 Å². The summed E-state index contributed by atoms with van der Waals surface area (Å²) in [4.78, 5) is 44.5. The van der Waals surface area contributed by atoms with Gasteiger partial charge >= 0.3 is 5.97 Å². The number of nitrogens with one attached hydrogen (secondary N) is 3. The van der Waals surface area contributed by atoms with Crippen LogP contribution in [0.5, 0.6) is 5.75 Å². The number of carbonyl (C=O) groups is 3. The molecule has 0 saturated heterocycles. The van der Waals surface area contributed by atoms with E-state index in [2.05, 4.69) is 34.7 Å². The molecular weight excluding hydrogens is 635 g/mol. The van der Waals surface area contributed by atoms with Crippen LogP contribution in [0.1, 0.15) is 74.5 Å². The lowest BCUT2D eigenvalue weighted by molar-refractivity contribution is 0.0697. The average Bonchev–Trinajstić information content (AvgIpc) is 3.80. The van der Waals surface area contributed by atoms with Crippen molar-refractivity contribution in [1.29, 1.82) is 0 Å². The number of rotatable bonds is 9. The van der Waals surface area contributed by atoms with E-state index in [1.165, 1.54) is 6.07 Å². The molecule has 1 atom stereocenters. The van der Waals surface area contributed by atoms with Gasteiger partial charge in [-0.2, -0.15) is 0 Å². The van der Waals surface area contributed by atoms with Gasteiger partial charge < -0.3 is 25.5 Å². The predicted molar refractivity (Wildman–Crippen MR) is 194 cm³/mol. The van der Waals surface area contributed by atoms with Crippen LogP contribution in [0.4, 0.5) is 5.69 Å². The Labute approximate surface area is 287 Å². The number of aromatic carboxylic acids is 1. The minimum Gasteiger partial charge on any atom is -0.488 e. The van der Waals surface area contributed by atoms with Crippen molar-refractivity contribution in [2.45, 2.75) is 33.3 Å². The number of anilines is 1. The molecule has 0 radical (unpaired) electrons. The lowest BCUT2D eigenvalue weighted by atomic mass is 9.88. The van der Waals surface area contributed by atoms with Crippen LogP contribution in [-0.2, 0) is 6.61 Å². The third kappa shape index (κ3) is 6.09. The number of hydrogen-bond donors (Lipinski definition) is 4. The molecule has 3 heterocycles. The van der Waals surface area contributed by atoms with Crippen molar-refractivity contribution in [3.8, 4) is 27.3 Å². The standard InChI is InChI=1S/C40H35N3O5S/c1-22(2)20-42-38(44)25-9-10-27(31(17-25)40(46)47)29-19-35-32(37-26(21-48-35)14-16-49-37)18-30(29)39(45)43-34-12-11-33-28(13-15-41-33)36(34)23(3)24-7-5-4-6-8-24/h4-19,22-23,41H,20-21H2,1-3H3,(H,42,44)(H,43,45)(H,46,47). The maximum atomic E-state index is 14.6. The van der Waals surface area contributed by atoms with Crippen molar-refractivity contribution < 1.29 is 24.2 Å². The van der Waals surface area contributed by atoms with Gasteiger partial charge in [0.25, 0.3) is 11.8 Å². The van der Waals surface area contributed by atoms with Crippen LogP contribution in [0.3, 0.4) is 0 Å². The number of fused-ring (bicyclic) bond motifs is 4. The lowest BCUT2D eigenvalue weighted by Crippen LogP contribution is -2.27. The molecule has 1 unspecified atom stereocenters. The summed E-state index contributed by atoms with van der Waals surface area (Å²) in [5.41, 5.74) is 6.59. The van der Waals surface area contributed by atoms with Crippen molar-refractivity contribution in [3.05, 3.63) is 130 Å². The Balaban J connectivity index is 1.36. The van der Waals surface area contributed by atoms with Crippen LogP contribution in [-0.4, -0.2) is 34.4 Å². The van der Waals surface area contributed by atoms with E-state index in [0.717, 1.165) is 38.0 Å². The fourth-order valence-corrected chi connectivity index (χ4v) is 7.39. The molecule has 6 aromatic rings. The van der Waals surface area contributed by atoms with Crippen molar-refractivity contribution in [2.24, 2.45) is 5.92 Å². The Bertz CT molecular complexity index is 2230. The summed E-state index contributed by atoms with van der Waals surface area (Å²) in [6.07, 6.45) is 1.89. The van der Waals surface area contributed by atoms with Gasteiger partial charge in [0.2, 0.25) is 0 Å². The largest absolute Gasteiger partial charge is 0.488 e. The molecule has 2 amide bonds. The molecule has 9 heteroatoms. The molecule has 7 rings (SSSR count). The first kappa shape index (κ1) is 31.9. The van der Waals surface area contributed by atoms with Gasteiger partial charge in [-0.15, -0.1) is 11.3 Å². The van der Waals surface area contributed by atoms with Crippen molar-refractivity contribution in [1.82, 2.24) is 10.3 Å². The summed E-state index contributed by atoms with van der Waals surface area (Å²) in [6.45, 7) is 6.91. The zero-order valence-electron chi connectivity index (χ0n) is 27.3. The van der Waals surface area contributed by atoms with Crippen LogP contribution in [0, 0.1) is 5.92 Å². The minimum absolute atomic E-state index is 0.0471. The predicted octanol–water partition coefficient (Wildman–Crippen LogP) is 8.94. The third-order valence-electron chi connectivity index (χ3n) is 8.97. The second kappa shape index (κ2) is 13.1. The molecule has 0 aliphatic carbocycles. The fraction of sp³-hybridized carbons (Fsp3) is 0.175. The summed E-state index contributed by atoms with van der Waals surface area (Å²) < 4.78 is 6.14. The first-order valence-electron chi connectivity index (χ1n) is 16.2. The molecular formula is C40H35N3O5S. The molecule has 246 valence electrons. The quantitative estimate of drug-likeness (QED) is 0.123. The number of carboxylic acids is 1. The van der Waals surface area contributed by atoms with Gasteiger partial charge in [0.1, 0.15) is 12.4 Å². The van der Waals surface area contributed by atoms with E-state index in [1.54, 1.807) is 35.6 Å². The Morgan fingerprint density at radius 3 is 2.47 bits per heavy atom. The molecule has 1 aliphatic rings. The van der Waals surface area contributed by atoms with E-state index in [0.29, 0.717) is 35.7 Å². The molecule has 0 saturated carbocycles. The van der Waals surface area contributed by atoms with Crippen molar-refractivity contribution in [3.63, 3.8) is 0 Å². The molecule has 8 nitrogen and oxygen atoms in total. The maximum Gasteiger partial charge on any atom is 0.336 e. The summed E-state index contributed by atoms with van der Waals surface area (Å²) in [5.74, 6) is -1.22. The van der Waals surface area contributed by atoms with E-state index in [4.69, 9.17) is 4.74 Å². The second-order valence-electron chi connectivity index (χ2n) is 12.7. The van der Waals surface area contributed by atoms with Crippen molar-refractivity contribution >= 4 is 45.7 Å². The van der Waals surface area contributed by atoms with Gasteiger partial charge in [-0.3, -0.25) is 9.59 Å². The summed E-state index contributed by atoms with van der Waals surface area (Å²) in [5, 5.41) is 19.4. The minimum atomic E-state index is -1.21. The van der Waals surface area contributed by atoms with Gasteiger partial charge in [-0.25, -0.2) is 4.79 Å². The topological polar surface area (TPSA) is 121 Å². The first-order chi connectivity index (χ1) is 23.7. The van der Waals surface area contributed by atoms with E-state index >= 15 is 0 Å². The first-order valence-corrected chi connectivity index (χ1v) is 17.1. The van der Waals surface area contributed by atoms with Crippen molar-refractivity contribution in [2.75, 3.05) is 11.9 Å². The van der Waals surface area contributed by atoms with E-state index in [1.807, 2.05) is 67.9 Å². The van der Waals surface area contributed by atoms with Gasteiger partial charge in [0.05, 0.1) is 5.56 Å². The fourth-order valence-electron chi connectivity index (χ4n) is 6.45. The summed E-state index contributed by atoms with van der Waals surface area (Å²) in [6, 6.07) is 26.1. The van der Waals surface area contributed by atoms with Crippen LogP contribution < -0.4 is 15.4 Å². The SMILES string of the molecule is CC(C)CNC(=O)c1ccc(-c2cc3c(cc2C(=O)Nc2ccc4[nH]ccc4c2C(C)c2ccccc2)-c2sccc2CO3)c(C(=O)O)c1. The molecule has 0 spiro atoms. The summed E-state index contributed by atoms with van der Waals surface area (Å²) in [7, 11) is 0. The number of carbonyl (C=O) groups excluding carboxylic acids is 2. The third-order valence-corrected chi connectivity index (χ3v) is 9.96. The number of aromatic amines is 1. The van der Waals surface area contributed by atoms with Gasteiger partial charge in [0.15, 0.2) is 0 Å². The summed E-state index contributed by atoms with van der Waals surface area (Å²) >= 11 is 1.57. The number of benzene rings is 4. The number of amides is 2. The molecule has 49 heavy (non-hydrogen) atoms. The number of ether oxygens (including phenoxy) is 1. The van der Waals surface area contributed by atoms with E-state index in [9.17, 15) is 19.5 Å².